The van der Waals surface area contributed by atoms with E-state index in [9.17, 15) is 0 Å². The van der Waals surface area contributed by atoms with Crippen molar-refractivity contribution in [2.24, 2.45) is 0 Å². The van der Waals surface area contributed by atoms with Crippen LogP contribution in [-0.2, 0) is 0 Å². The average molecular weight is 259 g/mol. The van der Waals surface area contributed by atoms with Crippen molar-refractivity contribution in [1.82, 2.24) is 4.98 Å². The van der Waals surface area contributed by atoms with Crippen LogP contribution in [0.1, 0.15) is 22.9 Å². The third-order valence-corrected chi connectivity index (χ3v) is 3.53. The lowest BCUT2D eigenvalue weighted by atomic mass is 10.1. The smallest absolute Gasteiger partial charge is 0.144 e. The highest BCUT2D eigenvalue weighted by molar-refractivity contribution is 7.10. The van der Waals surface area contributed by atoms with Gasteiger partial charge < -0.3 is 10.4 Å². The molecule has 0 spiro atoms. The molecule has 0 bridgehead atoms. The number of aromatic nitrogens is 1. The Hall–Kier alpha value is -1.90. The van der Waals surface area contributed by atoms with Gasteiger partial charge in [0.2, 0.25) is 0 Å². The maximum Gasteiger partial charge on any atom is 0.144 e. The van der Waals surface area contributed by atoms with Gasteiger partial charge in [-0.15, -0.1) is 11.3 Å². The predicted molar refractivity (Wildman–Crippen MR) is 71.3 cm³/mol. The average Bonchev–Trinajstić information content (AvgIpc) is 2.92. The number of rotatable bonds is 5. The first-order valence-corrected chi connectivity index (χ1v) is 6.49. The normalized spacial score (nSPS) is 11.8. The Morgan fingerprint density at radius 1 is 1.44 bits per heavy atom. The number of nitriles is 1. The number of aliphatic hydroxyl groups excluding tert-OH is 1. The fourth-order valence-electron chi connectivity index (χ4n) is 1.68. The van der Waals surface area contributed by atoms with Gasteiger partial charge >= 0.3 is 0 Å². The van der Waals surface area contributed by atoms with E-state index in [4.69, 9.17) is 10.4 Å². The maximum atomic E-state index is 9.12. The Kier molecular flexibility index (Phi) is 4.29. The van der Waals surface area contributed by atoms with E-state index in [0.717, 1.165) is 4.88 Å². The van der Waals surface area contributed by atoms with E-state index in [1.54, 1.807) is 29.7 Å². The zero-order valence-corrected chi connectivity index (χ0v) is 10.5. The molecular formula is C13H13N3OS. The Morgan fingerprint density at radius 2 is 2.33 bits per heavy atom. The van der Waals surface area contributed by atoms with Gasteiger partial charge in [-0.25, -0.2) is 4.98 Å². The number of hydrogen-bond acceptors (Lipinski definition) is 5. The molecule has 2 aromatic rings. The molecule has 0 aliphatic rings. The molecule has 0 amide bonds. The van der Waals surface area contributed by atoms with Gasteiger partial charge in [-0.1, -0.05) is 6.07 Å². The summed E-state index contributed by atoms with van der Waals surface area (Å²) < 4.78 is 0. The molecule has 0 aliphatic heterocycles. The highest BCUT2D eigenvalue weighted by Gasteiger charge is 2.14. The van der Waals surface area contributed by atoms with Crippen molar-refractivity contribution < 1.29 is 5.11 Å². The van der Waals surface area contributed by atoms with Gasteiger partial charge in [0, 0.05) is 17.7 Å². The molecule has 2 heterocycles. The SMILES string of the molecule is N#Cc1cccnc1N[C@H](CCO)c1cccs1. The first-order valence-electron chi connectivity index (χ1n) is 5.61. The minimum absolute atomic E-state index is 0.0167. The van der Waals surface area contributed by atoms with Crippen LogP contribution in [0.25, 0.3) is 0 Å². The van der Waals surface area contributed by atoms with Crippen LogP contribution in [0.15, 0.2) is 35.8 Å². The van der Waals surface area contributed by atoms with E-state index >= 15 is 0 Å². The fourth-order valence-corrected chi connectivity index (χ4v) is 2.49. The number of anilines is 1. The van der Waals surface area contributed by atoms with Gasteiger partial charge in [0.25, 0.3) is 0 Å². The molecule has 2 aromatic heterocycles. The molecule has 0 saturated heterocycles. The Bertz CT molecular complexity index is 533. The van der Waals surface area contributed by atoms with Gasteiger partial charge in [0.05, 0.1) is 11.6 Å². The molecule has 4 nitrogen and oxygen atoms in total. The summed E-state index contributed by atoms with van der Waals surface area (Å²) in [6.45, 7) is 0.0876. The van der Waals surface area contributed by atoms with Crippen LogP contribution in [0.5, 0.6) is 0 Å². The molecule has 18 heavy (non-hydrogen) atoms. The van der Waals surface area contributed by atoms with E-state index < -0.39 is 0 Å². The van der Waals surface area contributed by atoms with E-state index in [0.29, 0.717) is 17.8 Å². The second-order valence-corrected chi connectivity index (χ2v) is 4.72. The summed E-state index contributed by atoms with van der Waals surface area (Å²) in [6.07, 6.45) is 2.23. The monoisotopic (exact) mass is 259 g/mol. The summed E-state index contributed by atoms with van der Waals surface area (Å²) in [4.78, 5) is 5.29. The van der Waals surface area contributed by atoms with Crippen molar-refractivity contribution in [1.29, 1.82) is 5.26 Å². The largest absolute Gasteiger partial charge is 0.396 e. The second kappa shape index (κ2) is 6.15. The molecular weight excluding hydrogens is 246 g/mol. The van der Waals surface area contributed by atoms with E-state index in [1.807, 2.05) is 17.5 Å². The highest BCUT2D eigenvalue weighted by Crippen LogP contribution is 2.26. The lowest BCUT2D eigenvalue weighted by Gasteiger charge is -2.17. The lowest BCUT2D eigenvalue weighted by molar-refractivity contribution is 0.280. The van der Waals surface area contributed by atoms with Crippen LogP contribution in [0.3, 0.4) is 0 Å². The summed E-state index contributed by atoms with van der Waals surface area (Å²) in [6, 6.07) is 9.52. The summed E-state index contributed by atoms with van der Waals surface area (Å²) in [5.41, 5.74) is 0.511. The predicted octanol–water partition coefficient (Wildman–Crippen LogP) is 2.55. The van der Waals surface area contributed by atoms with Crippen molar-refractivity contribution in [2.75, 3.05) is 11.9 Å². The lowest BCUT2D eigenvalue weighted by Crippen LogP contribution is -2.13. The van der Waals surface area contributed by atoms with Crippen molar-refractivity contribution in [3.05, 3.63) is 46.3 Å². The molecule has 2 N–H and O–H groups in total. The zero-order valence-electron chi connectivity index (χ0n) is 9.71. The summed E-state index contributed by atoms with van der Waals surface area (Å²) in [5, 5.41) is 23.3. The van der Waals surface area contributed by atoms with Gasteiger partial charge in [-0.2, -0.15) is 5.26 Å². The Labute approximate surface area is 110 Å². The molecule has 92 valence electrons. The second-order valence-electron chi connectivity index (χ2n) is 3.74. The van der Waals surface area contributed by atoms with E-state index in [1.165, 1.54) is 0 Å². The van der Waals surface area contributed by atoms with Crippen molar-refractivity contribution >= 4 is 17.2 Å². The van der Waals surface area contributed by atoms with Crippen molar-refractivity contribution in [3.8, 4) is 6.07 Å². The first-order chi connectivity index (χ1) is 8.85. The van der Waals surface area contributed by atoms with Crippen molar-refractivity contribution in [3.63, 3.8) is 0 Å². The molecule has 0 fully saturated rings. The fraction of sp³-hybridized carbons (Fsp3) is 0.231. The minimum atomic E-state index is -0.0167. The van der Waals surface area contributed by atoms with Crippen LogP contribution < -0.4 is 5.32 Å². The summed E-state index contributed by atoms with van der Waals surface area (Å²) in [7, 11) is 0. The van der Waals surface area contributed by atoms with Crippen LogP contribution in [0.2, 0.25) is 0 Å². The number of nitrogens with one attached hydrogen (secondary N) is 1. The maximum absolute atomic E-state index is 9.12. The van der Waals surface area contributed by atoms with Crippen LogP contribution in [0.4, 0.5) is 5.82 Å². The highest BCUT2D eigenvalue weighted by atomic mass is 32.1. The molecule has 0 aliphatic carbocycles. The van der Waals surface area contributed by atoms with E-state index in [-0.39, 0.29) is 12.6 Å². The topological polar surface area (TPSA) is 68.9 Å². The molecule has 2 rings (SSSR count). The quantitative estimate of drug-likeness (QED) is 0.865. The van der Waals surface area contributed by atoms with Crippen molar-refractivity contribution in [2.45, 2.75) is 12.5 Å². The number of hydrogen-bond donors (Lipinski definition) is 2. The molecule has 0 radical (unpaired) electrons. The third-order valence-electron chi connectivity index (χ3n) is 2.54. The van der Waals surface area contributed by atoms with Gasteiger partial charge in [-0.3, -0.25) is 0 Å². The number of thiophene rings is 1. The summed E-state index contributed by atoms with van der Waals surface area (Å²) >= 11 is 1.62. The van der Waals surface area contributed by atoms with Crippen LogP contribution in [-0.4, -0.2) is 16.7 Å². The minimum Gasteiger partial charge on any atom is -0.396 e. The third kappa shape index (κ3) is 2.86. The van der Waals surface area contributed by atoms with Gasteiger partial charge in [0.1, 0.15) is 11.9 Å². The molecule has 1 atom stereocenters. The Morgan fingerprint density at radius 3 is 3.00 bits per heavy atom. The van der Waals surface area contributed by atoms with Crippen LogP contribution >= 0.6 is 11.3 Å². The van der Waals surface area contributed by atoms with Crippen LogP contribution in [0, 0.1) is 11.3 Å². The number of nitrogens with zero attached hydrogens (tertiary/aromatic N) is 2. The molecule has 5 heteroatoms. The molecule has 0 aromatic carbocycles. The Balaban J connectivity index is 2.22. The van der Waals surface area contributed by atoms with Gasteiger partial charge in [0.15, 0.2) is 0 Å². The first kappa shape index (κ1) is 12.6. The molecule has 0 unspecified atom stereocenters. The standard InChI is InChI=1S/C13H13N3OS/c14-9-10-3-1-6-15-13(10)16-11(5-7-17)12-4-2-8-18-12/h1-4,6,8,11,17H,5,7H2,(H,15,16)/t11-/m1/s1. The van der Waals surface area contributed by atoms with Gasteiger partial charge in [-0.05, 0) is 30.0 Å². The molecule has 0 saturated carbocycles. The number of aliphatic hydroxyl groups is 1. The number of pyridine rings is 1. The zero-order chi connectivity index (χ0) is 12.8. The summed E-state index contributed by atoms with van der Waals surface area (Å²) in [5.74, 6) is 0.562. The van der Waals surface area contributed by atoms with E-state index in [2.05, 4.69) is 16.4 Å².